The second-order valence-corrected chi connectivity index (χ2v) is 5.10. The maximum Gasteiger partial charge on any atom is 0.213 e. The normalized spacial score (nSPS) is 11.4. The van der Waals surface area contributed by atoms with Crippen molar-refractivity contribution in [1.82, 2.24) is 10.3 Å². The SMILES string of the molecule is CCCCCCCCNC(N)=NCc1ccnc(OC)c1. The summed E-state index contributed by atoms with van der Waals surface area (Å²) in [6.45, 7) is 3.66. The smallest absolute Gasteiger partial charge is 0.213 e. The molecule has 0 spiro atoms. The van der Waals surface area contributed by atoms with Gasteiger partial charge in [-0.05, 0) is 18.1 Å². The van der Waals surface area contributed by atoms with Crippen LogP contribution < -0.4 is 15.8 Å². The summed E-state index contributed by atoms with van der Waals surface area (Å²) < 4.78 is 5.07. The lowest BCUT2D eigenvalue weighted by Gasteiger charge is -2.06. The molecule has 0 saturated carbocycles. The van der Waals surface area contributed by atoms with Gasteiger partial charge in [-0.3, -0.25) is 0 Å². The largest absolute Gasteiger partial charge is 0.481 e. The Labute approximate surface area is 128 Å². The fraction of sp³-hybridized carbons (Fsp3) is 0.625. The molecule has 1 heterocycles. The minimum absolute atomic E-state index is 0.499. The lowest BCUT2D eigenvalue weighted by molar-refractivity contribution is 0.397. The molecule has 1 aromatic heterocycles. The molecule has 118 valence electrons. The van der Waals surface area contributed by atoms with Crippen LogP contribution in [0.15, 0.2) is 23.3 Å². The van der Waals surface area contributed by atoms with Crippen LogP contribution >= 0.6 is 0 Å². The molecule has 0 aliphatic carbocycles. The number of rotatable bonds is 10. The van der Waals surface area contributed by atoms with Crippen molar-refractivity contribution in [2.75, 3.05) is 13.7 Å². The maximum absolute atomic E-state index is 5.85. The summed E-state index contributed by atoms with van der Waals surface area (Å²) in [6, 6.07) is 3.78. The van der Waals surface area contributed by atoms with E-state index in [4.69, 9.17) is 10.5 Å². The lowest BCUT2D eigenvalue weighted by Crippen LogP contribution is -2.32. The lowest BCUT2D eigenvalue weighted by atomic mass is 10.1. The van der Waals surface area contributed by atoms with Crippen LogP contribution in [0, 0.1) is 0 Å². The van der Waals surface area contributed by atoms with Gasteiger partial charge in [-0.15, -0.1) is 0 Å². The zero-order chi connectivity index (χ0) is 15.3. The molecule has 0 radical (unpaired) electrons. The summed E-state index contributed by atoms with van der Waals surface area (Å²) in [5.41, 5.74) is 6.88. The summed E-state index contributed by atoms with van der Waals surface area (Å²) in [5, 5.41) is 3.15. The molecule has 0 fully saturated rings. The van der Waals surface area contributed by atoms with Crippen LogP contribution in [0.25, 0.3) is 0 Å². The Morgan fingerprint density at radius 2 is 2.05 bits per heavy atom. The van der Waals surface area contributed by atoms with E-state index >= 15 is 0 Å². The van der Waals surface area contributed by atoms with E-state index in [0.29, 0.717) is 18.4 Å². The first-order valence-corrected chi connectivity index (χ1v) is 7.79. The number of ether oxygens (including phenoxy) is 1. The van der Waals surface area contributed by atoms with Gasteiger partial charge in [-0.25, -0.2) is 9.98 Å². The molecule has 0 aromatic carbocycles. The van der Waals surface area contributed by atoms with E-state index in [0.717, 1.165) is 18.5 Å². The molecular weight excluding hydrogens is 264 g/mol. The second-order valence-electron chi connectivity index (χ2n) is 5.10. The topological polar surface area (TPSA) is 72.5 Å². The number of pyridine rings is 1. The molecular formula is C16H28N4O. The van der Waals surface area contributed by atoms with Crippen LogP contribution in [-0.2, 0) is 6.54 Å². The van der Waals surface area contributed by atoms with Gasteiger partial charge in [0, 0.05) is 18.8 Å². The van der Waals surface area contributed by atoms with Gasteiger partial charge in [0.2, 0.25) is 5.88 Å². The minimum atomic E-state index is 0.499. The van der Waals surface area contributed by atoms with Crippen molar-refractivity contribution in [3.05, 3.63) is 23.9 Å². The second kappa shape index (κ2) is 10.9. The Hall–Kier alpha value is -1.78. The Bertz CT molecular complexity index is 420. The molecule has 0 atom stereocenters. The van der Waals surface area contributed by atoms with Crippen molar-refractivity contribution in [2.45, 2.75) is 52.0 Å². The predicted octanol–water partition coefficient (Wildman–Crippen LogP) is 2.86. The number of nitrogens with one attached hydrogen (secondary N) is 1. The average Bonchev–Trinajstić information content (AvgIpc) is 2.52. The van der Waals surface area contributed by atoms with Gasteiger partial charge in [0.25, 0.3) is 0 Å². The van der Waals surface area contributed by atoms with Crippen LogP contribution in [0.1, 0.15) is 51.0 Å². The zero-order valence-corrected chi connectivity index (χ0v) is 13.3. The number of hydrogen-bond acceptors (Lipinski definition) is 3. The molecule has 0 unspecified atom stereocenters. The Balaban J connectivity index is 2.17. The highest BCUT2D eigenvalue weighted by atomic mass is 16.5. The third-order valence-corrected chi connectivity index (χ3v) is 3.28. The first-order chi connectivity index (χ1) is 10.3. The molecule has 0 aliphatic rings. The van der Waals surface area contributed by atoms with Gasteiger partial charge < -0.3 is 15.8 Å². The fourth-order valence-electron chi connectivity index (χ4n) is 2.01. The summed E-state index contributed by atoms with van der Waals surface area (Å²) in [6.07, 6.45) is 9.38. The quantitative estimate of drug-likeness (QED) is 0.395. The fourth-order valence-corrected chi connectivity index (χ4v) is 2.01. The van der Waals surface area contributed by atoms with Gasteiger partial charge in [0.15, 0.2) is 5.96 Å². The highest BCUT2D eigenvalue weighted by Crippen LogP contribution is 2.09. The van der Waals surface area contributed by atoms with Crippen LogP contribution in [0.2, 0.25) is 0 Å². The van der Waals surface area contributed by atoms with Crippen molar-refractivity contribution in [3.63, 3.8) is 0 Å². The number of aromatic nitrogens is 1. The van der Waals surface area contributed by atoms with E-state index in [1.165, 1.54) is 32.1 Å². The highest BCUT2D eigenvalue weighted by Gasteiger charge is 1.97. The van der Waals surface area contributed by atoms with Crippen molar-refractivity contribution < 1.29 is 4.74 Å². The third kappa shape index (κ3) is 8.17. The molecule has 3 N–H and O–H groups in total. The molecule has 21 heavy (non-hydrogen) atoms. The van der Waals surface area contributed by atoms with E-state index in [1.807, 2.05) is 12.1 Å². The van der Waals surface area contributed by atoms with Crippen LogP contribution in [0.3, 0.4) is 0 Å². The zero-order valence-electron chi connectivity index (χ0n) is 13.3. The maximum atomic E-state index is 5.85. The molecule has 0 saturated heterocycles. The number of guanidine groups is 1. The summed E-state index contributed by atoms with van der Waals surface area (Å²) in [7, 11) is 1.60. The van der Waals surface area contributed by atoms with Gasteiger partial charge in [0.1, 0.15) is 0 Å². The number of nitrogens with zero attached hydrogens (tertiary/aromatic N) is 2. The molecule has 0 aliphatic heterocycles. The number of hydrogen-bond donors (Lipinski definition) is 2. The Kier molecular flexibility index (Phi) is 9.00. The van der Waals surface area contributed by atoms with Crippen LogP contribution in [0.5, 0.6) is 5.88 Å². The Morgan fingerprint density at radius 1 is 1.29 bits per heavy atom. The molecule has 5 nitrogen and oxygen atoms in total. The van der Waals surface area contributed by atoms with Crippen molar-refractivity contribution in [3.8, 4) is 5.88 Å². The van der Waals surface area contributed by atoms with E-state index in [1.54, 1.807) is 13.3 Å². The predicted molar refractivity (Wildman–Crippen MR) is 87.5 cm³/mol. The molecule has 5 heteroatoms. The van der Waals surface area contributed by atoms with Crippen molar-refractivity contribution >= 4 is 5.96 Å². The summed E-state index contributed by atoms with van der Waals surface area (Å²) >= 11 is 0. The van der Waals surface area contributed by atoms with Crippen molar-refractivity contribution in [1.29, 1.82) is 0 Å². The average molecular weight is 292 g/mol. The minimum Gasteiger partial charge on any atom is -0.481 e. The highest BCUT2D eigenvalue weighted by molar-refractivity contribution is 5.77. The van der Waals surface area contributed by atoms with Crippen LogP contribution in [-0.4, -0.2) is 24.6 Å². The Morgan fingerprint density at radius 3 is 2.81 bits per heavy atom. The van der Waals surface area contributed by atoms with Crippen molar-refractivity contribution in [2.24, 2.45) is 10.7 Å². The third-order valence-electron chi connectivity index (χ3n) is 3.28. The molecule has 1 rings (SSSR count). The van der Waals surface area contributed by atoms with E-state index in [-0.39, 0.29) is 0 Å². The van der Waals surface area contributed by atoms with E-state index in [2.05, 4.69) is 22.2 Å². The number of nitrogens with two attached hydrogens (primary N) is 1. The van der Waals surface area contributed by atoms with Gasteiger partial charge in [0.05, 0.1) is 13.7 Å². The van der Waals surface area contributed by atoms with Gasteiger partial charge in [-0.1, -0.05) is 39.0 Å². The number of unbranched alkanes of at least 4 members (excludes halogenated alkanes) is 5. The monoisotopic (exact) mass is 292 g/mol. The first kappa shape index (κ1) is 17.3. The summed E-state index contributed by atoms with van der Waals surface area (Å²) in [5.74, 6) is 1.10. The summed E-state index contributed by atoms with van der Waals surface area (Å²) in [4.78, 5) is 8.38. The van der Waals surface area contributed by atoms with Gasteiger partial charge >= 0.3 is 0 Å². The standard InChI is InChI=1S/C16H28N4O/c1-3-4-5-6-7-8-10-19-16(17)20-13-14-9-11-18-15(12-14)21-2/h9,11-12H,3-8,10,13H2,1-2H3,(H3,17,19,20). The molecule has 0 amide bonds. The number of aliphatic imine (C=N–C) groups is 1. The molecule has 1 aromatic rings. The van der Waals surface area contributed by atoms with Gasteiger partial charge in [-0.2, -0.15) is 0 Å². The molecule has 0 bridgehead atoms. The van der Waals surface area contributed by atoms with E-state index < -0.39 is 0 Å². The van der Waals surface area contributed by atoms with Crippen LogP contribution in [0.4, 0.5) is 0 Å². The first-order valence-electron chi connectivity index (χ1n) is 7.79. The number of methoxy groups -OCH3 is 1. The van der Waals surface area contributed by atoms with E-state index in [9.17, 15) is 0 Å².